The molecule has 0 amide bonds. The molecule has 164 valence electrons. The van der Waals surface area contributed by atoms with Gasteiger partial charge in [0.2, 0.25) is 17.3 Å². The van der Waals surface area contributed by atoms with E-state index in [-0.39, 0.29) is 12.4 Å². The maximum atomic E-state index is 12.9. The van der Waals surface area contributed by atoms with Gasteiger partial charge < -0.3 is 34.6 Å². The third-order valence-electron chi connectivity index (χ3n) is 4.66. The Kier molecular flexibility index (Phi) is 7.03. The number of hydrogen-bond donors (Lipinski definition) is 4. The first-order valence-corrected chi connectivity index (χ1v) is 9.44. The van der Waals surface area contributed by atoms with Gasteiger partial charge in [0.1, 0.15) is 24.6 Å². The van der Waals surface area contributed by atoms with Gasteiger partial charge >= 0.3 is 5.97 Å². The van der Waals surface area contributed by atoms with Crippen molar-refractivity contribution in [2.75, 3.05) is 13.2 Å². The second-order valence-electron chi connectivity index (χ2n) is 6.73. The smallest absolute Gasteiger partial charge is 0.379 e. The third kappa shape index (κ3) is 4.44. The molecule has 2 aromatic carbocycles. The van der Waals surface area contributed by atoms with Crippen LogP contribution in [0.1, 0.15) is 5.56 Å². The number of ether oxygens (including phenoxy) is 3. The Bertz CT molecular complexity index is 942. The second-order valence-corrected chi connectivity index (χ2v) is 6.73. The molecule has 2 aromatic rings. The number of ketones is 1. The topological polar surface area (TPSA) is 143 Å². The summed E-state index contributed by atoms with van der Waals surface area (Å²) in [5.74, 6) is -3.25. The molecule has 4 N–H and O–H groups in total. The van der Waals surface area contributed by atoms with Crippen LogP contribution >= 0.6 is 0 Å². The van der Waals surface area contributed by atoms with E-state index in [2.05, 4.69) is 0 Å². The predicted molar refractivity (Wildman–Crippen MR) is 105 cm³/mol. The van der Waals surface area contributed by atoms with Crippen LogP contribution in [-0.4, -0.2) is 63.2 Å². The van der Waals surface area contributed by atoms with E-state index in [9.17, 15) is 30.0 Å². The van der Waals surface area contributed by atoms with Crippen molar-refractivity contribution < 1.29 is 44.2 Å². The van der Waals surface area contributed by atoms with E-state index in [0.717, 1.165) is 0 Å². The number of hydrogen-bond acceptors (Lipinski definition) is 9. The highest BCUT2D eigenvalue weighted by Crippen LogP contribution is 2.40. The molecule has 0 saturated heterocycles. The Morgan fingerprint density at radius 2 is 1.58 bits per heavy atom. The average molecular weight is 430 g/mol. The molecule has 3 atom stereocenters. The number of esters is 1. The van der Waals surface area contributed by atoms with Crippen LogP contribution in [-0.2, 0) is 25.7 Å². The van der Waals surface area contributed by atoms with E-state index in [1.165, 1.54) is 12.1 Å². The molecule has 9 nitrogen and oxygen atoms in total. The van der Waals surface area contributed by atoms with Gasteiger partial charge in [0.05, 0.1) is 13.2 Å². The van der Waals surface area contributed by atoms with Crippen molar-refractivity contribution in [1.29, 1.82) is 0 Å². The summed E-state index contributed by atoms with van der Waals surface area (Å²) in [6.07, 6.45) is -4.02. The highest BCUT2D eigenvalue weighted by Gasteiger charge is 2.62. The number of rotatable bonds is 10. The maximum Gasteiger partial charge on any atom is 0.379 e. The summed E-state index contributed by atoms with van der Waals surface area (Å²) >= 11 is 0. The lowest BCUT2D eigenvalue weighted by atomic mass is 9.87. The van der Waals surface area contributed by atoms with E-state index in [1.54, 1.807) is 48.5 Å². The molecule has 0 fully saturated rings. The van der Waals surface area contributed by atoms with Crippen LogP contribution in [0.15, 0.2) is 72.2 Å². The van der Waals surface area contributed by atoms with Crippen LogP contribution in [0.2, 0.25) is 0 Å². The SMILES string of the molecule is O=C1O[C@](C(=O)C(O)CO)([C@@H](O)CO)C(Oc2ccccc2)=C1OCc1ccccc1. The number of cyclic esters (lactones) is 1. The summed E-state index contributed by atoms with van der Waals surface area (Å²) in [6.45, 7) is -2.10. The van der Waals surface area contributed by atoms with Gasteiger partial charge in [-0.2, -0.15) is 0 Å². The first-order valence-electron chi connectivity index (χ1n) is 9.44. The Hall–Kier alpha value is -3.24. The van der Waals surface area contributed by atoms with Crippen molar-refractivity contribution in [3.63, 3.8) is 0 Å². The van der Waals surface area contributed by atoms with Crippen molar-refractivity contribution in [2.24, 2.45) is 0 Å². The molecular formula is C22H22O9. The van der Waals surface area contributed by atoms with Gasteiger partial charge in [0.25, 0.3) is 5.60 Å². The fourth-order valence-corrected chi connectivity index (χ4v) is 3.09. The first kappa shape index (κ1) is 22.4. The summed E-state index contributed by atoms with van der Waals surface area (Å²) in [7, 11) is 0. The van der Waals surface area contributed by atoms with Gasteiger partial charge in [-0.1, -0.05) is 48.5 Å². The van der Waals surface area contributed by atoms with E-state index in [4.69, 9.17) is 14.2 Å². The van der Waals surface area contributed by atoms with Crippen molar-refractivity contribution >= 4 is 11.8 Å². The molecule has 0 aliphatic carbocycles. The van der Waals surface area contributed by atoms with E-state index in [1.807, 2.05) is 0 Å². The van der Waals surface area contributed by atoms with Gasteiger partial charge in [-0.05, 0) is 17.7 Å². The van der Waals surface area contributed by atoms with Crippen molar-refractivity contribution in [2.45, 2.75) is 24.4 Å². The van der Waals surface area contributed by atoms with Crippen LogP contribution in [0.3, 0.4) is 0 Å². The molecular weight excluding hydrogens is 408 g/mol. The highest BCUT2D eigenvalue weighted by molar-refractivity contribution is 6.03. The Balaban J connectivity index is 2.10. The van der Waals surface area contributed by atoms with Crippen LogP contribution in [0.5, 0.6) is 5.75 Å². The summed E-state index contributed by atoms with van der Waals surface area (Å²) in [5, 5.41) is 39.3. The molecule has 31 heavy (non-hydrogen) atoms. The van der Waals surface area contributed by atoms with Gasteiger partial charge in [-0.15, -0.1) is 0 Å². The fourth-order valence-electron chi connectivity index (χ4n) is 3.09. The minimum Gasteiger partial charge on any atom is -0.479 e. The Morgan fingerprint density at radius 1 is 0.968 bits per heavy atom. The molecule has 1 heterocycles. The Morgan fingerprint density at radius 3 is 2.16 bits per heavy atom. The van der Waals surface area contributed by atoms with Crippen LogP contribution in [0, 0.1) is 0 Å². The zero-order valence-electron chi connectivity index (χ0n) is 16.4. The molecule has 0 saturated carbocycles. The number of carbonyl (C=O) groups is 2. The molecule has 3 rings (SSSR count). The van der Waals surface area contributed by atoms with E-state index < -0.39 is 54.3 Å². The van der Waals surface area contributed by atoms with E-state index >= 15 is 0 Å². The molecule has 0 aromatic heterocycles. The molecule has 1 unspecified atom stereocenters. The van der Waals surface area contributed by atoms with Gasteiger partial charge in [-0.25, -0.2) is 4.79 Å². The summed E-state index contributed by atoms with van der Waals surface area (Å²) in [5.41, 5.74) is -1.92. The summed E-state index contributed by atoms with van der Waals surface area (Å²) in [6, 6.07) is 16.8. The standard InChI is InChI=1S/C22H22O9/c23-11-16(25)19(27)22(17(26)12-24)20(30-15-9-5-2-6-10-15)18(21(28)31-22)29-13-14-7-3-1-4-8-14/h1-10,16-17,23-26H,11-13H2/t16?,17-,22-/m0/s1. The number of para-hydroxylation sites is 1. The number of benzene rings is 2. The minimum atomic E-state index is -2.62. The average Bonchev–Trinajstić information content (AvgIpc) is 3.09. The molecule has 0 spiro atoms. The predicted octanol–water partition coefficient (Wildman–Crippen LogP) is 0.0649. The third-order valence-corrected chi connectivity index (χ3v) is 4.66. The lowest BCUT2D eigenvalue weighted by Crippen LogP contribution is -2.58. The molecule has 0 radical (unpaired) electrons. The fraction of sp³-hybridized carbons (Fsp3) is 0.273. The van der Waals surface area contributed by atoms with E-state index in [0.29, 0.717) is 5.56 Å². The zero-order chi connectivity index (χ0) is 22.4. The number of carbonyl (C=O) groups excluding carboxylic acids is 2. The minimum absolute atomic E-state index is 0.0883. The molecule has 9 heteroatoms. The summed E-state index contributed by atoms with van der Waals surface area (Å²) in [4.78, 5) is 25.6. The van der Waals surface area contributed by atoms with Crippen LogP contribution < -0.4 is 4.74 Å². The van der Waals surface area contributed by atoms with Crippen LogP contribution in [0.25, 0.3) is 0 Å². The van der Waals surface area contributed by atoms with Gasteiger partial charge in [0, 0.05) is 0 Å². The highest BCUT2D eigenvalue weighted by atomic mass is 16.6. The lowest BCUT2D eigenvalue weighted by Gasteiger charge is -2.33. The maximum absolute atomic E-state index is 12.9. The zero-order valence-corrected chi connectivity index (χ0v) is 16.4. The van der Waals surface area contributed by atoms with Gasteiger partial charge in [0.15, 0.2) is 0 Å². The number of Topliss-reactive ketones (excluding diaryl/α,β-unsaturated/α-hetero) is 1. The monoisotopic (exact) mass is 430 g/mol. The lowest BCUT2D eigenvalue weighted by molar-refractivity contribution is -0.178. The normalized spacial score (nSPS) is 20.2. The van der Waals surface area contributed by atoms with Crippen molar-refractivity contribution in [3.05, 3.63) is 77.7 Å². The molecule has 1 aliphatic rings. The number of aliphatic hydroxyl groups excluding tert-OH is 4. The Labute approximate surface area is 177 Å². The van der Waals surface area contributed by atoms with Crippen molar-refractivity contribution in [3.8, 4) is 5.75 Å². The molecule has 0 bridgehead atoms. The number of aliphatic hydroxyl groups is 4. The van der Waals surface area contributed by atoms with Crippen LogP contribution in [0.4, 0.5) is 0 Å². The second kappa shape index (κ2) is 9.71. The first-order chi connectivity index (χ1) is 14.9. The van der Waals surface area contributed by atoms with Crippen molar-refractivity contribution in [1.82, 2.24) is 0 Å². The largest absolute Gasteiger partial charge is 0.479 e. The van der Waals surface area contributed by atoms with Gasteiger partial charge in [-0.3, -0.25) is 4.79 Å². The quantitative estimate of drug-likeness (QED) is 0.385. The molecule has 1 aliphatic heterocycles. The summed E-state index contributed by atoms with van der Waals surface area (Å²) < 4.78 is 16.5.